The molecule has 88 valence electrons. The van der Waals surface area contributed by atoms with Crippen molar-refractivity contribution in [3.8, 4) is 0 Å². The average Bonchev–Trinajstić information content (AvgIpc) is 2.34. The van der Waals surface area contributed by atoms with Crippen LogP contribution >= 0.6 is 0 Å². The number of nitrogens with zero attached hydrogens (tertiary/aromatic N) is 2. The van der Waals surface area contributed by atoms with Gasteiger partial charge in [0.15, 0.2) is 0 Å². The molecule has 2 rings (SSSR count). The van der Waals surface area contributed by atoms with Gasteiger partial charge in [0, 0.05) is 6.04 Å². The molecule has 0 amide bonds. The van der Waals surface area contributed by atoms with Crippen LogP contribution in [0.3, 0.4) is 0 Å². The van der Waals surface area contributed by atoms with Crippen LogP contribution < -0.4 is 0 Å². The highest BCUT2D eigenvalue weighted by Gasteiger charge is 2.23. The molecule has 0 spiro atoms. The van der Waals surface area contributed by atoms with Gasteiger partial charge in [-0.25, -0.2) is 0 Å². The Balaban J connectivity index is 0.000000531. The monoisotopic (exact) mass is 212 g/mol. The van der Waals surface area contributed by atoms with Crippen molar-refractivity contribution in [2.75, 3.05) is 33.2 Å². The minimum Gasteiger partial charge on any atom is -0.307 e. The first kappa shape index (κ1) is 12.7. The molecule has 2 fully saturated rings. The SMILES string of the molecule is C=O.CN1CCC(N2CCCCC2)CC1. The highest BCUT2D eigenvalue weighted by atomic mass is 16.1. The Kier molecular flexibility index (Phi) is 5.88. The topological polar surface area (TPSA) is 23.6 Å². The van der Waals surface area contributed by atoms with Gasteiger partial charge in [-0.1, -0.05) is 6.42 Å². The lowest BCUT2D eigenvalue weighted by molar-refractivity contribution is -0.0979. The van der Waals surface area contributed by atoms with Crippen LogP contribution in [0, 0.1) is 0 Å². The summed E-state index contributed by atoms with van der Waals surface area (Å²) in [5.74, 6) is 0. The Bertz CT molecular complexity index is 161. The lowest BCUT2D eigenvalue weighted by atomic mass is 10.0. The number of piperidine rings is 2. The summed E-state index contributed by atoms with van der Waals surface area (Å²) in [5.41, 5.74) is 0. The van der Waals surface area contributed by atoms with Crippen LogP contribution in [0.5, 0.6) is 0 Å². The molecule has 0 aromatic rings. The second-order valence-corrected chi connectivity index (χ2v) is 4.63. The lowest BCUT2D eigenvalue weighted by Crippen LogP contribution is -2.45. The number of carbonyl (C=O) groups excluding carboxylic acids is 1. The standard InChI is InChI=1S/C11H22N2.CH2O/c1-12-9-5-11(6-10-12)13-7-3-2-4-8-13;1-2/h11H,2-10H2,1H3;1H2. The highest BCUT2D eigenvalue weighted by Crippen LogP contribution is 2.19. The third kappa shape index (κ3) is 3.92. The largest absolute Gasteiger partial charge is 0.307 e. The van der Waals surface area contributed by atoms with Crippen molar-refractivity contribution < 1.29 is 4.79 Å². The van der Waals surface area contributed by atoms with E-state index in [0.29, 0.717) is 0 Å². The van der Waals surface area contributed by atoms with Crippen molar-refractivity contribution in [1.82, 2.24) is 9.80 Å². The second-order valence-electron chi connectivity index (χ2n) is 4.63. The fourth-order valence-electron chi connectivity index (χ4n) is 2.64. The van der Waals surface area contributed by atoms with Crippen molar-refractivity contribution >= 4 is 6.79 Å². The van der Waals surface area contributed by atoms with Gasteiger partial charge in [-0.15, -0.1) is 0 Å². The van der Waals surface area contributed by atoms with Gasteiger partial charge in [-0.2, -0.15) is 0 Å². The first-order valence-electron chi connectivity index (χ1n) is 6.08. The molecule has 0 bridgehead atoms. The van der Waals surface area contributed by atoms with Crippen molar-refractivity contribution in [2.24, 2.45) is 0 Å². The molecule has 3 nitrogen and oxygen atoms in total. The molecular weight excluding hydrogens is 188 g/mol. The van der Waals surface area contributed by atoms with Crippen LogP contribution in [0.1, 0.15) is 32.1 Å². The summed E-state index contributed by atoms with van der Waals surface area (Å²) in [6.07, 6.45) is 7.13. The quantitative estimate of drug-likeness (QED) is 0.656. The molecule has 0 aromatic heterocycles. The maximum absolute atomic E-state index is 8.00. The molecule has 0 N–H and O–H groups in total. The molecule has 0 aromatic carbocycles. The highest BCUT2D eigenvalue weighted by molar-refractivity contribution is 5.10. The van der Waals surface area contributed by atoms with Gasteiger partial charge in [0.05, 0.1) is 0 Å². The van der Waals surface area contributed by atoms with E-state index in [-0.39, 0.29) is 0 Å². The average molecular weight is 212 g/mol. The minimum atomic E-state index is 0.913. The predicted molar refractivity (Wildman–Crippen MR) is 63.1 cm³/mol. The zero-order valence-electron chi connectivity index (χ0n) is 9.95. The summed E-state index contributed by atoms with van der Waals surface area (Å²) in [6, 6.07) is 0.913. The van der Waals surface area contributed by atoms with E-state index in [9.17, 15) is 0 Å². The summed E-state index contributed by atoms with van der Waals surface area (Å²) in [6.45, 7) is 7.35. The molecule has 0 atom stereocenters. The number of likely N-dealkylation sites (tertiary alicyclic amines) is 2. The van der Waals surface area contributed by atoms with Crippen LogP contribution in [-0.2, 0) is 4.79 Å². The van der Waals surface area contributed by atoms with E-state index < -0.39 is 0 Å². The molecule has 0 unspecified atom stereocenters. The molecule has 0 saturated carbocycles. The molecule has 0 radical (unpaired) electrons. The number of hydrogen-bond donors (Lipinski definition) is 0. The first-order valence-corrected chi connectivity index (χ1v) is 6.08. The van der Waals surface area contributed by atoms with Crippen LogP contribution in [0.4, 0.5) is 0 Å². The van der Waals surface area contributed by atoms with Crippen LogP contribution in [0.15, 0.2) is 0 Å². The van der Waals surface area contributed by atoms with Gasteiger partial charge in [0.2, 0.25) is 0 Å². The third-order valence-corrected chi connectivity index (χ3v) is 3.60. The van der Waals surface area contributed by atoms with Crippen LogP contribution in [-0.4, -0.2) is 55.9 Å². The molecule has 3 heteroatoms. The predicted octanol–water partition coefficient (Wildman–Crippen LogP) is 1.38. The van der Waals surface area contributed by atoms with E-state index in [1.165, 1.54) is 58.3 Å². The van der Waals surface area contributed by atoms with Gasteiger partial charge in [-0.05, 0) is 58.9 Å². The second kappa shape index (κ2) is 6.96. The van der Waals surface area contributed by atoms with Gasteiger partial charge in [-0.3, -0.25) is 0 Å². The molecule has 0 aliphatic carbocycles. The Morgan fingerprint density at radius 3 is 2.00 bits per heavy atom. The summed E-state index contributed by atoms with van der Waals surface area (Å²) in [4.78, 5) is 13.2. The van der Waals surface area contributed by atoms with Crippen molar-refractivity contribution in [3.63, 3.8) is 0 Å². The maximum Gasteiger partial charge on any atom is 0.106 e. The Hall–Kier alpha value is -0.410. The van der Waals surface area contributed by atoms with Gasteiger partial charge in [0.25, 0.3) is 0 Å². The number of carbonyl (C=O) groups is 1. The van der Waals surface area contributed by atoms with E-state index in [1.54, 1.807) is 0 Å². The first-order chi connectivity index (χ1) is 7.36. The van der Waals surface area contributed by atoms with Crippen molar-refractivity contribution in [2.45, 2.75) is 38.1 Å². The minimum absolute atomic E-state index is 0.913. The molecule has 2 aliphatic heterocycles. The van der Waals surface area contributed by atoms with E-state index in [0.717, 1.165) is 6.04 Å². The van der Waals surface area contributed by atoms with E-state index >= 15 is 0 Å². The zero-order valence-corrected chi connectivity index (χ0v) is 9.95. The van der Waals surface area contributed by atoms with E-state index in [1.807, 2.05) is 6.79 Å². The van der Waals surface area contributed by atoms with Gasteiger partial charge >= 0.3 is 0 Å². The van der Waals surface area contributed by atoms with Crippen molar-refractivity contribution in [1.29, 1.82) is 0 Å². The Morgan fingerprint density at radius 2 is 1.47 bits per heavy atom. The van der Waals surface area contributed by atoms with E-state index in [2.05, 4.69) is 16.8 Å². The molecule has 2 aliphatic rings. The number of rotatable bonds is 1. The van der Waals surface area contributed by atoms with E-state index in [4.69, 9.17) is 4.79 Å². The fraction of sp³-hybridized carbons (Fsp3) is 0.917. The van der Waals surface area contributed by atoms with Gasteiger partial charge < -0.3 is 14.6 Å². The molecule has 2 saturated heterocycles. The Labute approximate surface area is 93.4 Å². The smallest absolute Gasteiger partial charge is 0.106 e. The van der Waals surface area contributed by atoms with Crippen molar-refractivity contribution in [3.05, 3.63) is 0 Å². The Morgan fingerprint density at radius 1 is 0.933 bits per heavy atom. The van der Waals surface area contributed by atoms with Crippen LogP contribution in [0.2, 0.25) is 0 Å². The normalized spacial score (nSPS) is 25.7. The molecule has 2 heterocycles. The third-order valence-electron chi connectivity index (χ3n) is 3.60. The van der Waals surface area contributed by atoms with Gasteiger partial charge in [0.1, 0.15) is 6.79 Å². The lowest BCUT2D eigenvalue weighted by Gasteiger charge is -2.39. The fourth-order valence-corrected chi connectivity index (χ4v) is 2.64. The summed E-state index contributed by atoms with van der Waals surface area (Å²) < 4.78 is 0. The summed E-state index contributed by atoms with van der Waals surface area (Å²) in [7, 11) is 2.24. The zero-order chi connectivity index (χ0) is 11.1. The summed E-state index contributed by atoms with van der Waals surface area (Å²) in [5, 5.41) is 0. The van der Waals surface area contributed by atoms with Crippen LogP contribution in [0.25, 0.3) is 0 Å². The maximum atomic E-state index is 8.00. The summed E-state index contributed by atoms with van der Waals surface area (Å²) >= 11 is 0. The molecular formula is C12H24N2O. The molecule has 15 heavy (non-hydrogen) atoms. The number of hydrogen-bond acceptors (Lipinski definition) is 3.